The van der Waals surface area contributed by atoms with Crippen LogP contribution < -0.4 is 10.6 Å². The number of carbonyl (C=O) groups excluding carboxylic acids is 2. The normalized spacial score (nSPS) is 26.3. The Kier molecular flexibility index (Phi) is 5.30. The number of benzene rings is 1. The van der Waals surface area contributed by atoms with Gasteiger partial charge in [-0.2, -0.15) is 5.10 Å². The van der Waals surface area contributed by atoms with Crippen LogP contribution in [0.5, 0.6) is 0 Å². The van der Waals surface area contributed by atoms with E-state index in [2.05, 4.69) is 27.9 Å². The first-order valence-electron chi connectivity index (χ1n) is 10.3. The highest BCUT2D eigenvalue weighted by atomic mass is 16.2. The number of amides is 3. The number of aromatic nitrogens is 2. The molecule has 3 amide bonds. The van der Waals surface area contributed by atoms with Gasteiger partial charge in [0.15, 0.2) is 0 Å². The molecule has 7 nitrogen and oxygen atoms in total. The first kappa shape index (κ1) is 19.5. The average molecular weight is 396 g/mol. The first-order valence-corrected chi connectivity index (χ1v) is 10.3. The van der Waals surface area contributed by atoms with Crippen LogP contribution in [-0.2, 0) is 11.8 Å². The Morgan fingerprint density at radius 1 is 1.21 bits per heavy atom. The van der Waals surface area contributed by atoms with Crippen molar-refractivity contribution in [1.82, 2.24) is 25.3 Å². The average Bonchev–Trinajstić information content (AvgIpc) is 3.16. The van der Waals surface area contributed by atoms with E-state index in [0.717, 1.165) is 24.1 Å². The van der Waals surface area contributed by atoms with Gasteiger partial charge in [0.1, 0.15) is 0 Å². The van der Waals surface area contributed by atoms with Gasteiger partial charge >= 0.3 is 6.03 Å². The molecule has 2 aliphatic rings. The Labute approximate surface area is 171 Å². The SMILES string of the molecule is Cc1c([C@@H]2[C@@H](CNC(=O)N[C@H]3CC[C@H]3c3ccccc3)CC(=O)N2C)cnn1C. The second-order valence-electron chi connectivity index (χ2n) is 8.28. The van der Waals surface area contributed by atoms with Gasteiger partial charge in [0.2, 0.25) is 5.91 Å². The molecule has 1 aromatic carbocycles. The lowest BCUT2D eigenvalue weighted by Crippen LogP contribution is -2.50. The topological polar surface area (TPSA) is 79.3 Å². The lowest BCUT2D eigenvalue weighted by Gasteiger charge is -2.37. The van der Waals surface area contributed by atoms with Gasteiger partial charge in [-0.3, -0.25) is 9.48 Å². The molecule has 1 aliphatic heterocycles. The second kappa shape index (κ2) is 7.89. The number of likely N-dealkylation sites (tertiary alicyclic amines) is 1. The van der Waals surface area contributed by atoms with Crippen molar-refractivity contribution < 1.29 is 9.59 Å². The van der Waals surface area contributed by atoms with Crippen LogP contribution in [0.4, 0.5) is 4.79 Å². The fraction of sp³-hybridized carbons (Fsp3) is 0.500. The molecular weight excluding hydrogens is 366 g/mol. The zero-order valence-corrected chi connectivity index (χ0v) is 17.3. The highest BCUT2D eigenvalue weighted by Crippen LogP contribution is 2.38. The van der Waals surface area contributed by atoms with Crippen molar-refractivity contribution >= 4 is 11.9 Å². The minimum Gasteiger partial charge on any atom is -0.338 e. The second-order valence-corrected chi connectivity index (χ2v) is 8.28. The quantitative estimate of drug-likeness (QED) is 0.816. The molecule has 2 heterocycles. The van der Waals surface area contributed by atoms with Gasteiger partial charge in [-0.1, -0.05) is 30.3 Å². The molecule has 4 atom stereocenters. The highest BCUT2D eigenvalue weighted by molar-refractivity contribution is 5.80. The number of carbonyl (C=O) groups is 2. The van der Waals surface area contributed by atoms with Crippen LogP contribution in [-0.4, -0.2) is 46.3 Å². The van der Waals surface area contributed by atoms with Gasteiger partial charge in [-0.15, -0.1) is 0 Å². The van der Waals surface area contributed by atoms with Crippen molar-refractivity contribution in [2.45, 2.75) is 44.2 Å². The molecule has 154 valence electrons. The van der Waals surface area contributed by atoms with Crippen molar-refractivity contribution in [2.24, 2.45) is 13.0 Å². The number of hydrogen-bond acceptors (Lipinski definition) is 3. The summed E-state index contributed by atoms with van der Waals surface area (Å²) in [4.78, 5) is 26.6. The minimum atomic E-state index is -0.153. The van der Waals surface area contributed by atoms with Crippen molar-refractivity contribution in [2.75, 3.05) is 13.6 Å². The van der Waals surface area contributed by atoms with E-state index in [1.54, 1.807) is 4.90 Å². The Hall–Kier alpha value is -2.83. The van der Waals surface area contributed by atoms with Crippen molar-refractivity contribution in [3.05, 3.63) is 53.3 Å². The van der Waals surface area contributed by atoms with Crippen LogP contribution in [0.1, 0.15) is 48.0 Å². The summed E-state index contributed by atoms with van der Waals surface area (Å²) in [5.41, 5.74) is 3.38. The molecular formula is C22H29N5O2. The third kappa shape index (κ3) is 3.73. The maximum absolute atomic E-state index is 12.5. The fourth-order valence-corrected chi connectivity index (χ4v) is 4.62. The van der Waals surface area contributed by atoms with E-state index in [1.165, 1.54) is 5.56 Å². The van der Waals surface area contributed by atoms with E-state index in [1.807, 2.05) is 50.1 Å². The fourth-order valence-electron chi connectivity index (χ4n) is 4.62. The Bertz CT molecular complexity index is 894. The molecule has 1 saturated carbocycles. The molecule has 0 spiro atoms. The maximum atomic E-state index is 12.5. The number of nitrogens with zero attached hydrogens (tertiary/aromatic N) is 3. The molecule has 0 bridgehead atoms. The number of aryl methyl sites for hydroxylation is 1. The number of nitrogens with one attached hydrogen (secondary N) is 2. The third-order valence-electron chi connectivity index (χ3n) is 6.63. The zero-order chi connectivity index (χ0) is 20.5. The monoisotopic (exact) mass is 395 g/mol. The van der Waals surface area contributed by atoms with E-state index < -0.39 is 0 Å². The summed E-state index contributed by atoms with van der Waals surface area (Å²) in [6, 6.07) is 10.3. The Morgan fingerprint density at radius 2 is 1.97 bits per heavy atom. The lowest BCUT2D eigenvalue weighted by atomic mass is 9.75. The summed E-state index contributed by atoms with van der Waals surface area (Å²) in [5.74, 6) is 0.521. The smallest absolute Gasteiger partial charge is 0.315 e. The van der Waals surface area contributed by atoms with Crippen molar-refractivity contribution in [1.29, 1.82) is 0 Å². The van der Waals surface area contributed by atoms with Crippen LogP contribution in [0.15, 0.2) is 36.5 Å². The maximum Gasteiger partial charge on any atom is 0.315 e. The standard InChI is InChI=1S/C22H29N5O2/c1-14-18(13-24-27(14)3)21-16(11-20(28)26(21)2)12-23-22(29)25-19-10-9-17(19)15-7-5-4-6-8-15/h4-8,13,16-17,19,21H,9-12H2,1-3H3,(H2,23,25,29)/t16-,17+,19+,21+/m1/s1. The molecule has 0 radical (unpaired) electrons. The summed E-state index contributed by atoms with van der Waals surface area (Å²) in [5, 5.41) is 10.4. The predicted molar refractivity (Wildman–Crippen MR) is 110 cm³/mol. The molecule has 1 aliphatic carbocycles. The molecule has 2 aromatic rings. The summed E-state index contributed by atoms with van der Waals surface area (Å²) in [6.07, 6.45) is 4.36. The van der Waals surface area contributed by atoms with Crippen LogP contribution in [0.3, 0.4) is 0 Å². The zero-order valence-electron chi connectivity index (χ0n) is 17.3. The van der Waals surface area contributed by atoms with Crippen LogP contribution in [0, 0.1) is 12.8 Å². The van der Waals surface area contributed by atoms with Crippen LogP contribution in [0.2, 0.25) is 0 Å². The Balaban J connectivity index is 1.36. The molecule has 2 fully saturated rings. The molecule has 1 saturated heterocycles. The van der Waals surface area contributed by atoms with Crippen LogP contribution >= 0.6 is 0 Å². The van der Waals surface area contributed by atoms with Gasteiger partial charge in [0.05, 0.1) is 12.2 Å². The molecule has 2 N–H and O–H groups in total. The van der Waals surface area contributed by atoms with Crippen LogP contribution in [0.25, 0.3) is 0 Å². The molecule has 4 rings (SSSR count). The summed E-state index contributed by atoms with van der Waals surface area (Å²) < 4.78 is 1.82. The van der Waals surface area contributed by atoms with Gasteiger partial charge in [0.25, 0.3) is 0 Å². The summed E-state index contributed by atoms with van der Waals surface area (Å²) in [6.45, 7) is 2.47. The number of rotatable bonds is 5. The van der Waals surface area contributed by atoms with E-state index in [4.69, 9.17) is 0 Å². The van der Waals surface area contributed by atoms with Gasteiger partial charge < -0.3 is 15.5 Å². The van der Waals surface area contributed by atoms with Gasteiger partial charge in [0, 0.05) is 56.2 Å². The third-order valence-corrected chi connectivity index (χ3v) is 6.63. The minimum absolute atomic E-state index is 0.0347. The van der Waals surface area contributed by atoms with Gasteiger partial charge in [-0.25, -0.2) is 4.79 Å². The Morgan fingerprint density at radius 3 is 2.59 bits per heavy atom. The molecule has 29 heavy (non-hydrogen) atoms. The number of urea groups is 1. The predicted octanol–water partition coefficient (Wildman–Crippen LogP) is 2.49. The van der Waals surface area contributed by atoms with E-state index >= 15 is 0 Å². The highest BCUT2D eigenvalue weighted by Gasteiger charge is 2.40. The summed E-state index contributed by atoms with van der Waals surface area (Å²) in [7, 11) is 3.73. The lowest BCUT2D eigenvalue weighted by molar-refractivity contribution is -0.127. The van der Waals surface area contributed by atoms with E-state index in [-0.39, 0.29) is 29.9 Å². The molecule has 1 aromatic heterocycles. The first-order chi connectivity index (χ1) is 14.0. The molecule has 7 heteroatoms. The molecule has 0 unspecified atom stereocenters. The van der Waals surface area contributed by atoms with Crippen molar-refractivity contribution in [3.8, 4) is 0 Å². The van der Waals surface area contributed by atoms with Gasteiger partial charge in [-0.05, 0) is 25.3 Å². The number of hydrogen-bond donors (Lipinski definition) is 2. The van der Waals surface area contributed by atoms with E-state index in [9.17, 15) is 9.59 Å². The van der Waals surface area contributed by atoms with E-state index in [0.29, 0.717) is 18.9 Å². The largest absolute Gasteiger partial charge is 0.338 e. The van der Waals surface area contributed by atoms with Crippen molar-refractivity contribution in [3.63, 3.8) is 0 Å². The summed E-state index contributed by atoms with van der Waals surface area (Å²) >= 11 is 0.